The zero-order valence-electron chi connectivity index (χ0n) is 11.7. The van der Waals surface area contributed by atoms with E-state index in [-0.39, 0.29) is 11.4 Å². The summed E-state index contributed by atoms with van der Waals surface area (Å²) in [6.07, 6.45) is 5.97. The lowest BCUT2D eigenvalue weighted by atomic mass is 9.91. The first kappa shape index (κ1) is 14.4. The molecule has 0 saturated carbocycles. The minimum atomic E-state index is -0.361. The van der Waals surface area contributed by atoms with Gasteiger partial charge in [-0.25, -0.2) is 0 Å². The highest BCUT2D eigenvalue weighted by molar-refractivity contribution is 7.98. The summed E-state index contributed by atoms with van der Waals surface area (Å²) in [6.45, 7) is 3.07. The highest BCUT2D eigenvalue weighted by Crippen LogP contribution is 2.29. The Balaban J connectivity index is 2.15. The summed E-state index contributed by atoms with van der Waals surface area (Å²) in [6, 6.07) is 7.97. The minimum Gasteiger partial charge on any atom is -0.323 e. The maximum Gasteiger partial charge on any atom is 0.244 e. The Morgan fingerprint density at radius 2 is 2.26 bits per heavy atom. The second-order valence-corrected chi connectivity index (χ2v) is 5.86. The second-order valence-electron chi connectivity index (χ2n) is 5.02. The van der Waals surface area contributed by atoms with Gasteiger partial charge in [-0.1, -0.05) is 25.5 Å². The van der Waals surface area contributed by atoms with Gasteiger partial charge < -0.3 is 10.6 Å². The molecule has 0 bridgehead atoms. The number of nitrogens with one attached hydrogen (secondary N) is 2. The van der Waals surface area contributed by atoms with Crippen molar-refractivity contribution < 1.29 is 4.79 Å². The maximum atomic E-state index is 12.6. The van der Waals surface area contributed by atoms with Crippen LogP contribution in [0.25, 0.3) is 0 Å². The van der Waals surface area contributed by atoms with E-state index in [1.54, 1.807) is 11.8 Å². The van der Waals surface area contributed by atoms with Gasteiger partial charge in [0, 0.05) is 4.90 Å². The molecule has 1 aliphatic rings. The quantitative estimate of drug-likeness (QED) is 0.812. The van der Waals surface area contributed by atoms with Gasteiger partial charge in [0.1, 0.15) is 0 Å². The predicted octanol–water partition coefficient (Wildman–Crippen LogP) is 3.27. The van der Waals surface area contributed by atoms with Crippen LogP contribution in [-0.4, -0.2) is 24.2 Å². The first-order chi connectivity index (χ1) is 9.22. The van der Waals surface area contributed by atoms with Crippen LogP contribution in [0.3, 0.4) is 0 Å². The molecule has 1 saturated heterocycles. The molecule has 1 fully saturated rings. The van der Waals surface area contributed by atoms with Gasteiger partial charge in [-0.3, -0.25) is 4.79 Å². The first-order valence-electron chi connectivity index (χ1n) is 6.91. The van der Waals surface area contributed by atoms with Crippen molar-refractivity contribution in [3.63, 3.8) is 0 Å². The lowest BCUT2D eigenvalue weighted by Crippen LogP contribution is -2.50. The number of carbonyl (C=O) groups is 1. The zero-order chi connectivity index (χ0) is 13.7. The second kappa shape index (κ2) is 6.44. The highest BCUT2D eigenvalue weighted by atomic mass is 32.2. The van der Waals surface area contributed by atoms with Gasteiger partial charge in [-0.05, 0) is 44.2 Å². The molecule has 0 radical (unpaired) electrons. The summed E-state index contributed by atoms with van der Waals surface area (Å²) in [5.74, 6) is 0.119. The molecule has 1 aliphatic heterocycles. The monoisotopic (exact) mass is 278 g/mol. The highest BCUT2D eigenvalue weighted by Gasteiger charge is 2.39. The van der Waals surface area contributed by atoms with Crippen LogP contribution in [0.2, 0.25) is 0 Å². The maximum absolute atomic E-state index is 12.6. The third-order valence-electron chi connectivity index (χ3n) is 3.71. The Morgan fingerprint density at radius 1 is 1.47 bits per heavy atom. The molecule has 0 spiro atoms. The van der Waals surface area contributed by atoms with Crippen molar-refractivity contribution >= 4 is 23.4 Å². The van der Waals surface area contributed by atoms with Crippen LogP contribution in [0.5, 0.6) is 0 Å². The number of thioether (sulfide) groups is 1. The summed E-state index contributed by atoms with van der Waals surface area (Å²) in [7, 11) is 0. The molecular weight excluding hydrogens is 256 g/mol. The Hall–Kier alpha value is -1.00. The summed E-state index contributed by atoms with van der Waals surface area (Å²) in [4.78, 5) is 13.7. The van der Waals surface area contributed by atoms with Gasteiger partial charge in [0.25, 0.3) is 0 Å². The third-order valence-corrected chi connectivity index (χ3v) is 4.51. The van der Waals surface area contributed by atoms with Crippen LogP contribution in [0, 0.1) is 0 Å². The van der Waals surface area contributed by atoms with Crippen LogP contribution < -0.4 is 10.6 Å². The molecule has 2 rings (SSSR count). The van der Waals surface area contributed by atoms with E-state index in [1.807, 2.05) is 30.5 Å². The van der Waals surface area contributed by atoms with Crippen molar-refractivity contribution in [3.8, 4) is 0 Å². The Bertz CT molecular complexity index is 442. The molecule has 104 valence electrons. The Kier molecular flexibility index (Phi) is 4.88. The van der Waals surface area contributed by atoms with E-state index in [4.69, 9.17) is 0 Å². The van der Waals surface area contributed by atoms with Gasteiger partial charge in [0.15, 0.2) is 0 Å². The number of anilines is 1. The van der Waals surface area contributed by atoms with Crippen LogP contribution in [0.1, 0.15) is 32.6 Å². The van der Waals surface area contributed by atoms with Crippen LogP contribution in [0.15, 0.2) is 29.2 Å². The number of amides is 1. The van der Waals surface area contributed by atoms with E-state index in [2.05, 4.69) is 17.6 Å². The van der Waals surface area contributed by atoms with Crippen molar-refractivity contribution in [1.29, 1.82) is 0 Å². The SMILES string of the molecule is CCCC1(C(=O)Nc2ccccc2SC)CCCN1. The van der Waals surface area contributed by atoms with Crippen LogP contribution >= 0.6 is 11.8 Å². The Labute approximate surface area is 119 Å². The molecule has 1 aromatic rings. The van der Waals surface area contributed by atoms with Crippen molar-refractivity contribution in [2.75, 3.05) is 18.1 Å². The van der Waals surface area contributed by atoms with Crippen LogP contribution in [0.4, 0.5) is 5.69 Å². The van der Waals surface area contributed by atoms with E-state index in [0.29, 0.717) is 0 Å². The topological polar surface area (TPSA) is 41.1 Å². The van der Waals surface area contributed by atoms with Gasteiger partial charge in [0.2, 0.25) is 5.91 Å². The third kappa shape index (κ3) is 3.12. The molecular formula is C15H22N2OS. The van der Waals surface area contributed by atoms with E-state index in [9.17, 15) is 4.79 Å². The number of carbonyl (C=O) groups excluding carboxylic acids is 1. The minimum absolute atomic E-state index is 0.119. The van der Waals surface area contributed by atoms with E-state index in [1.165, 1.54) is 0 Å². The molecule has 0 aromatic heterocycles. The molecule has 1 heterocycles. The van der Waals surface area contributed by atoms with E-state index < -0.39 is 0 Å². The Morgan fingerprint density at radius 3 is 2.89 bits per heavy atom. The molecule has 1 unspecified atom stereocenters. The predicted molar refractivity (Wildman–Crippen MR) is 81.7 cm³/mol. The smallest absolute Gasteiger partial charge is 0.244 e. The van der Waals surface area contributed by atoms with E-state index >= 15 is 0 Å². The van der Waals surface area contributed by atoms with Gasteiger partial charge >= 0.3 is 0 Å². The molecule has 1 atom stereocenters. The normalized spacial score (nSPS) is 22.4. The largest absolute Gasteiger partial charge is 0.323 e. The number of hydrogen-bond acceptors (Lipinski definition) is 3. The van der Waals surface area contributed by atoms with Gasteiger partial charge in [0.05, 0.1) is 11.2 Å². The summed E-state index contributed by atoms with van der Waals surface area (Å²) in [5, 5.41) is 6.52. The van der Waals surface area contributed by atoms with Crippen LogP contribution in [-0.2, 0) is 4.79 Å². The fraction of sp³-hybridized carbons (Fsp3) is 0.533. The van der Waals surface area contributed by atoms with Crippen molar-refractivity contribution in [2.24, 2.45) is 0 Å². The summed E-state index contributed by atoms with van der Waals surface area (Å²) in [5.41, 5.74) is 0.560. The average Bonchev–Trinajstić information content (AvgIpc) is 2.90. The number of benzene rings is 1. The number of para-hydroxylation sites is 1. The molecule has 2 N–H and O–H groups in total. The molecule has 1 aromatic carbocycles. The first-order valence-corrected chi connectivity index (χ1v) is 8.14. The lowest BCUT2D eigenvalue weighted by Gasteiger charge is -2.28. The summed E-state index contributed by atoms with van der Waals surface area (Å²) < 4.78 is 0. The van der Waals surface area contributed by atoms with Crippen molar-refractivity contribution in [3.05, 3.63) is 24.3 Å². The number of hydrogen-bond donors (Lipinski definition) is 2. The van der Waals surface area contributed by atoms with Gasteiger partial charge in [-0.15, -0.1) is 11.8 Å². The molecule has 4 heteroatoms. The lowest BCUT2D eigenvalue weighted by molar-refractivity contribution is -0.122. The van der Waals surface area contributed by atoms with Crippen molar-refractivity contribution in [2.45, 2.75) is 43.0 Å². The average molecular weight is 278 g/mol. The van der Waals surface area contributed by atoms with Crippen molar-refractivity contribution in [1.82, 2.24) is 5.32 Å². The fourth-order valence-electron chi connectivity index (χ4n) is 2.74. The zero-order valence-corrected chi connectivity index (χ0v) is 12.5. The fourth-order valence-corrected chi connectivity index (χ4v) is 3.30. The number of rotatable bonds is 5. The molecule has 0 aliphatic carbocycles. The summed E-state index contributed by atoms with van der Waals surface area (Å²) >= 11 is 1.66. The molecule has 1 amide bonds. The van der Waals surface area contributed by atoms with Gasteiger partial charge in [-0.2, -0.15) is 0 Å². The molecule has 3 nitrogen and oxygen atoms in total. The molecule has 19 heavy (non-hydrogen) atoms. The van der Waals surface area contributed by atoms with E-state index in [0.717, 1.165) is 42.8 Å². The standard InChI is InChI=1S/C15H22N2OS/c1-3-9-15(10-6-11-16-15)14(18)17-12-7-4-5-8-13(12)19-2/h4-5,7-8,16H,3,6,9-11H2,1-2H3,(H,17,18).